The fraction of sp³-hybridized carbons (Fsp3) is 0.455. The van der Waals surface area contributed by atoms with E-state index in [-0.39, 0.29) is 6.04 Å². The second-order valence-corrected chi connectivity index (χ2v) is 3.84. The second-order valence-electron chi connectivity index (χ2n) is 3.84. The molecule has 1 aromatic carbocycles. The van der Waals surface area contributed by atoms with Crippen LogP contribution in [-0.4, -0.2) is 13.2 Å². The predicted molar refractivity (Wildman–Crippen MR) is 52.7 cm³/mol. The maximum Gasteiger partial charge on any atom is 0.127 e. The van der Waals surface area contributed by atoms with Gasteiger partial charge in [0.05, 0.1) is 13.2 Å². The molecule has 0 spiro atoms. The molecule has 0 saturated carbocycles. The van der Waals surface area contributed by atoms with E-state index in [1.807, 2.05) is 6.07 Å². The average molecular weight is 191 g/mol. The molecule has 1 aromatic rings. The van der Waals surface area contributed by atoms with Crippen LogP contribution < -0.4 is 15.2 Å². The first-order chi connectivity index (χ1) is 6.84. The highest BCUT2D eigenvalue weighted by Crippen LogP contribution is 2.38. The first kappa shape index (κ1) is 8.12. The van der Waals surface area contributed by atoms with E-state index in [1.165, 1.54) is 5.56 Å². The summed E-state index contributed by atoms with van der Waals surface area (Å²) < 4.78 is 11.0. The van der Waals surface area contributed by atoms with Gasteiger partial charge in [0.2, 0.25) is 0 Å². The molecule has 2 aliphatic rings. The van der Waals surface area contributed by atoms with Crippen LogP contribution in [0.4, 0.5) is 0 Å². The van der Waals surface area contributed by atoms with Crippen molar-refractivity contribution in [2.75, 3.05) is 13.2 Å². The van der Waals surface area contributed by atoms with Gasteiger partial charge in [-0.15, -0.1) is 0 Å². The molecule has 74 valence electrons. The van der Waals surface area contributed by atoms with Crippen molar-refractivity contribution in [1.82, 2.24) is 0 Å². The topological polar surface area (TPSA) is 44.5 Å². The van der Waals surface area contributed by atoms with Crippen molar-refractivity contribution in [2.45, 2.75) is 18.9 Å². The third-order valence-electron chi connectivity index (χ3n) is 2.91. The van der Waals surface area contributed by atoms with Gasteiger partial charge < -0.3 is 15.2 Å². The first-order valence-corrected chi connectivity index (χ1v) is 5.02. The average Bonchev–Trinajstić information content (AvgIpc) is 2.62. The van der Waals surface area contributed by atoms with Crippen LogP contribution in [0.25, 0.3) is 0 Å². The van der Waals surface area contributed by atoms with Gasteiger partial charge in [0.25, 0.3) is 0 Å². The SMILES string of the molecule is N[C@H]1CCOc2cc3c(cc21)CCO3. The van der Waals surface area contributed by atoms with Crippen molar-refractivity contribution < 1.29 is 9.47 Å². The van der Waals surface area contributed by atoms with Crippen molar-refractivity contribution in [3.8, 4) is 11.5 Å². The number of rotatable bonds is 0. The van der Waals surface area contributed by atoms with Crippen LogP contribution >= 0.6 is 0 Å². The van der Waals surface area contributed by atoms with E-state index in [4.69, 9.17) is 15.2 Å². The van der Waals surface area contributed by atoms with Gasteiger partial charge in [-0.05, 0) is 11.6 Å². The summed E-state index contributed by atoms with van der Waals surface area (Å²) in [4.78, 5) is 0. The molecule has 3 nitrogen and oxygen atoms in total. The minimum atomic E-state index is 0.129. The molecule has 2 N–H and O–H groups in total. The molecule has 0 radical (unpaired) electrons. The van der Waals surface area contributed by atoms with Gasteiger partial charge in [0.1, 0.15) is 11.5 Å². The minimum Gasteiger partial charge on any atom is -0.493 e. The molecule has 3 heteroatoms. The summed E-state index contributed by atoms with van der Waals surface area (Å²) in [6.07, 6.45) is 1.90. The third-order valence-corrected chi connectivity index (χ3v) is 2.91. The highest BCUT2D eigenvalue weighted by molar-refractivity contribution is 5.50. The van der Waals surface area contributed by atoms with E-state index in [0.717, 1.165) is 36.5 Å². The minimum absolute atomic E-state index is 0.129. The van der Waals surface area contributed by atoms with Crippen LogP contribution in [-0.2, 0) is 6.42 Å². The molecule has 0 aromatic heterocycles. The van der Waals surface area contributed by atoms with Gasteiger partial charge in [-0.3, -0.25) is 0 Å². The maximum atomic E-state index is 6.02. The Kier molecular flexibility index (Phi) is 1.67. The molecule has 0 fully saturated rings. The molecule has 0 bridgehead atoms. The number of hydrogen-bond donors (Lipinski definition) is 1. The van der Waals surface area contributed by atoms with Gasteiger partial charge >= 0.3 is 0 Å². The van der Waals surface area contributed by atoms with Gasteiger partial charge in [-0.25, -0.2) is 0 Å². The zero-order valence-corrected chi connectivity index (χ0v) is 7.95. The summed E-state index contributed by atoms with van der Waals surface area (Å²) in [5.41, 5.74) is 8.43. The first-order valence-electron chi connectivity index (χ1n) is 5.02. The lowest BCUT2D eigenvalue weighted by Gasteiger charge is -2.23. The lowest BCUT2D eigenvalue weighted by atomic mass is 9.98. The number of ether oxygens (including phenoxy) is 2. The standard InChI is InChI=1S/C11H13NO2/c12-9-2-4-14-11-6-10-7(1-3-13-10)5-8(9)11/h5-6,9H,1-4,12H2/t9-/m0/s1. The van der Waals surface area contributed by atoms with Crippen LogP contribution in [0.2, 0.25) is 0 Å². The van der Waals surface area contributed by atoms with Crippen molar-refractivity contribution >= 4 is 0 Å². The summed E-state index contributed by atoms with van der Waals surface area (Å²) >= 11 is 0. The van der Waals surface area contributed by atoms with Crippen molar-refractivity contribution in [2.24, 2.45) is 5.73 Å². The molecule has 2 heterocycles. The van der Waals surface area contributed by atoms with Gasteiger partial charge in [-0.2, -0.15) is 0 Å². The third kappa shape index (κ3) is 1.09. The predicted octanol–water partition coefficient (Wildman–Crippen LogP) is 1.40. The van der Waals surface area contributed by atoms with Gasteiger partial charge in [0, 0.05) is 30.5 Å². The van der Waals surface area contributed by atoms with E-state index < -0.39 is 0 Å². The zero-order valence-electron chi connectivity index (χ0n) is 7.95. The Bertz CT molecular complexity index is 376. The molecule has 2 aliphatic heterocycles. The summed E-state index contributed by atoms with van der Waals surface area (Å²) in [6, 6.07) is 4.25. The van der Waals surface area contributed by atoms with Crippen LogP contribution in [0.5, 0.6) is 11.5 Å². The number of nitrogens with two attached hydrogens (primary N) is 1. The Morgan fingerprint density at radius 2 is 2.00 bits per heavy atom. The molecule has 3 rings (SSSR count). The Labute approximate surface area is 82.8 Å². The molecular weight excluding hydrogens is 178 g/mol. The largest absolute Gasteiger partial charge is 0.493 e. The molecular formula is C11H13NO2. The fourth-order valence-corrected chi connectivity index (χ4v) is 2.09. The quantitative estimate of drug-likeness (QED) is 0.674. The molecule has 0 saturated heterocycles. The van der Waals surface area contributed by atoms with E-state index in [1.54, 1.807) is 0 Å². The summed E-state index contributed by atoms with van der Waals surface area (Å²) in [5.74, 6) is 1.88. The Balaban J connectivity index is 2.12. The van der Waals surface area contributed by atoms with E-state index in [2.05, 4.69) is 6.07 Å². The van der Waals surface area contributed by atoms with Crippen LogP contribution in [0.15, 0.2) is 12.1 Å². The summed E-state index contributed by atoms with van der Waals surface area (Å²) in [6.45, 7) is 1.50. The highest BCUT2D eigenvalue weighted by atomic mass is 16.5. The molecule has 1 atom stereocenters. The van der Waals surface area contributed by atoms with E-state index in [0.29, 0.717) is 6.61 Å². The van der Waals surface area contributed by atoms with Crippen molar-refractivity contribution in [3.05, 3.63) is 23.3 Å². The second kappa shape index (κ2) is 2.89. The lowest BCUT2D eigenvalue weighted by molar-refractivity contribution is 0.267. The smallest absolute Gasteiger partial charge is 0.127 e. The molecule has 0 amide bonds. The van der Waals surface area contributed by atoms with Gasteiger partial charge in [-0.1, -0.05) is 0 Å². The van der Waals surface area contributed by atoms with Crippen LogP contribution in [0.3, 0.4) is 0 Å². The number of fused-ring (bicyclic) bond motifs is 2. The summed E-state index contributed by atoms with van der Waals surface area (Å²) in [5, 5.41) is 0. The summed E-state index contributed by atoms with van der Waals surface area (Å²) in [7, 11) is 0. The Hall–Kier alpha value is -1.22. The van der Waals surface area contributed by atoms with Gasteiger partial charge in [0.15, 0.2) is 0 Å². The van der Waals surface area contributed by atoms with Crippen LogP contribution in [0.1, 0.15) is 23.6 Å². The maximum absolute atomic E-state index is 6.02. The molecule has 0 unspecified atom stereocenters. The number of benzene rings is 1. The Morgan fingerprint density at radius 3 is 2.93 bits per heavy atom. The highest BCUT2D eigenvalue weighted by Gasteiger charge is 2.22. The lowest BCUT2D eigenvalue weighted by Crippen LogP contribution is -2.20. The monoisotopic (exact) mass is 191 g/mol. The zero-order chi connectivity index (χ0) is 9.54. The molecule has 14 heavy (non-hydrogen) atoms. The van der Waals surface area contributed by atoms with E-state index in [9.17, 15) is 0 Å². The fourth-order valence-electron chi connectivity index (χ4n) is 2.09. The number of hydrogen-bond acceptors (Lipinski definition) is 3. The Morgan fingerprint density at radius 1 is 1.14 bits per heavy atom. The van der Waals surface area contributed by atoms with Crippen molar-refractivity contribution in [3.63, 3.8) is 0 Å². The van der Waals surface area contributed by atoms with Crippen molar-refractivity contribution in [1.29, 1.82) is 0 Å². The normalized spacial score (nSPS) is 23.4. The van der Waals surface area contributed by atoms with Crippen LogP contribution in [0, 0.1) is 0 Å². The van der Waals surface area contributed by atoms with E-state index >= 15 is 0 Å². The molecule has 0 aliphatic carbocycles.